The first kappa shape index (κ1) is 14.4. The van der Waals surface area contributed by atoms with Crippen LogP contribution in [-0.4, -0.2) is 26.7 Å². The Hall–Kier alpha value is -1.62. The molecule has 0 aliphatic carbocycles. The molecule has 0 saturated carbocycles. The second kappa shape index (κ2) is 6.96. The summed E-state index contributed by atoms with van der Waals surface area (Å²) in [6, 6.07) is 4.35. The van der Waals surface area contributed by atoms with Crippen LogP contribution < -0.4 is 10.1 Å². The Morgan fingerprint density at radius 2 is 2.22 bits per heavy atom. The fraction of sp³-hybridized carbons (Fsp3) is 0.462. The molecule has 0 bridgehead atoms. The third-order valence-corrected chi connectivity index (χ3v) is 2.60. The fourth-order valence-corrected chi connectivity index (χ4v) is 1.67. The largest absolute Gasteiger partial charge is 0.494 e. The molecule has 0 aliphatic rings. The Labute approximate surface area is 106 Å². The molecule has 0 saturated heterocycles. The van der Waals surface area contributed by atoms with Crippen LogP contribution in [-0.2, 0) is 9.53 Å². The van der Waals surface area contributed by atoms with Crippen molar-refractivity contribution in [1.29, 1.82) is 0 Å². The van der Waals surface area contributed by atoms with Crippen LogP contribution in [0.25, 0.3) is 0 Å². The number of esters is 1. The molecule has 0 heterocycles. The number of hydrogen-bond donors (Lipinski definition) is 1. The fourth-order valence-electron chi connectivity index (χ4n) is 1.67. The monoisotopic (exact) mass is 255 g/mol. The standard InChI is InChI=1S/C13H18FNO3/c1-4-18-13(16)8-11(15-2)9-5-6-12(17-3)10(14)7-9/h5-7,11,15H,4,8H2,1-3H3. The zero-order valence-corrected chi connectivity index (χ0v) is 10.8. The lowest BCUT2D eigenvalue weighted by atomic mass is 10.0. The Morgan fingerprint density at radius 3 is 2.72 bits per heavy atom. The molecule has 5 heteroatoms. The quantitative estimate of drug-likeness (QED) is 0.790. The van der Waals surface area contributed by atoms with E-state index in [1.54, 1.807) is 26.1 Å². The van der Waals surface area contributed by atoms with Crippen molar-refractivity contribution in [1.82, 2.24) is 5.32 Å². The highest BCUT2D eigenvalue weighted by Gasteiger charge is 2.16. The summed E-state index contributed by atoms with van der Waals surface area (Å²) in [6.45, 7) is 2.09. The highest BCUT2D eigenvalue weighted by Crippen LogP contribution is 2.23. The maximum absolute atomic E-state index is 13.6. The Morgan fingerprint density at radius 1 is 1.50 bits per heavy atom. The van der Waals surface area contributed by atoms with Crippen LogP contribution in [0.1, 0.15) is 24.9 Å². The molecule has 1 atom stereocenters. The molecule has 18 heavy (non-hydrogen) atoms. The first-order valence-corrected chi connectivity index (χ1v) is 5.78. The van der Waals surface area contributed by atoms with Gasteiger partial charge < -0.3 is 14.8 Å². The van der Waals surface area contributed by atoms with Crippen molar-refractivity contribution in [3.63, 3.8) is 0 Å². The van der Waals surface area contributed by atoms with Gasteiger partial charge in [-0.05, 0) is 31.7 Å². The van der Waals surface area contributed by atoms with Crippen LogP contribution in [0.2, 0.25) is 0 Å². The Bertz CT molecular complexity index is 409. The minimum atomic E-state index is -0.445. The zero-order chi connectivity index (χ0) is 13.5. The maximum Gasteiger partial charge on any atom is 0.307 e. The normalized spacial score (nSPS) is 12.0. The SMILES string of the molecule is CCOC(=O)CC(NC)c1ccc(OC)c(F)c1. The molecule has 0 radical (unpaired) electrons. The molecule has 0 aliphatic heterocycles. The summed E-state index contributed by atoms with van der Waals surface area (Å²) < 4.78 is 23.3. The first-order valence-electron chi connectivity index (χ1n) is 5.78. The number of benzene rings is 1. The third kappa shape index (κ3) is 3.70. The third-order valence-electron chi connectivity index (χ3n) is 2.60. The summed E-state index contributed by atoms with van der Waals surface area (Å²) in [7, 11) is 3.12. The van der Waals surface area contributed by atoms with E-state index >= 15 is 0 Å². The Balaban J connectivity index is 2.82. The molecule has 0 aromatic heterocycles. The van der Waals surface area contributed by atoms with E-state index in [9.17, 15) is 9.18 Å². The molecule has 1 aromatic rings. The average Bonchev–Trinajstić information content (AvgIpc) is 2.36. The highest BCUT2D eigenvalue weighted by molar-refractivity contribution is 5.70. The van der Waals surface area contributed by atoms with Crippen molar-refractivity contribution >= 4 is 5.97 Å². The molecule has 1 rings (SSSR count). The van der Waals surface area contributed by atoms with Crippen LogP contribution in [0.15, 0.2) is 18.2 Å². The van der Waals surface area contributed by atoms with E-state index in [4.69, 9.17) is 9.47 Å². The van der Waals surface area contributed by atoms with Crippen LogP contribution in [0.5, 0.6) is 5.75 Å². The van der Waals surface area contributed by atoms with Crippen LogP contribution in [0.3, 0.4) is 0 Å². The second-order valence-electron chi connectivity index (χ2n) is 3.74. The summed E-state index contributed by atoms with van der Waals surface area (Å²) in [4.78, 5) is 11.4. The number of rotatable bonds is 6. The van der Waals surface area contributed by atoms with Crippen LogP contribution in [0.4, 0.5) is 4.39 Å². The average molecular weight is 255 g/mol. The Kier molecular flexibility index (Phi) is 5.58. The van der Waals surface area contributed by atoms with Crippen molar-refractivity contribution in [2.75, 3.05) is 20.8 Å². The van der Waals surface area contributed by atoms with E-state index in [2.05, 4.69) is 5.32 Å². The van der Waals surface area contributed by atoms with Gasteiger partial charge in [0.25, 0.3) is 0 Å². The van der Waals surface area contributed by atoms with Crippen LogP contribution in [0, 0.1) is 5.82 Å². The van der Waals surface area contributed by atoms with Crippen molar-refractivity contribution in [3.05, 3.63) is 29.6 Å². The van der Waals surface area contributed by atoms with Crippen molar-refractivity contribution in [2.45, 2.75) is 19.4 Å². The number of nitrogens with one attached hydrogen (secondary N) is 1. The summed E-state index contributed by atoms with van der Waals surface area (Å²) in [5.74, 6) is -0.572. The molecular formula is C13H18FNO3. The van der Waals surface area contributed by atoms with E-state index in [0.717, 1.165) is 0 Å². The summed E-state index contributed by atoms with van der Waals surface area (Å²) in [6.07, 6.45) is 0.163. The molecule has 100 valence electrons. The number of methoxy groups -OCH3 is 1. The van der Waals surface area contributed by atoms with E-state index in [1.165, 1.54) is 13.2 Å². The molecule has 0 fully saturated rings. The lowest BCUT2D eigenvalue weighted by molar-refractivity contribution is -0.143. The van der Waals surface area contributed by atoms with Gasteiger partial charge in [0.1, 0.15) is 0 Å². The van der Waals surface area contributed by atoms with Gasteiger partial charge in [0.2, 0.25) is 0 Å². The zero-order valence-electron chi connectivity index (χ0n) is 10.8. The summed E-state index contributed by atoms with van der Waals surface area (Å²) in [5, 5.41) is 2.96. The van der Waals surface area contributed by atoms with Gasteiger partial charge in [0.05, 0.1) is 20.1 Å². The summed E-state index contributed by atoms with van der Waals surface area (Å²) >= 11 is 0. The lowest BCUT2D eigenvalue weighted by Crippen LogP contribution is -2.21. The predicted molar refractivity (Wildman–Crippen MR) is 66.0 cm³/mol. The van der Waals surface area contributed by atoms with Gasteiger partial charge in [0.15, 0.2) is 11.6 Å². The lowest BCUT2D eigenvalue weighted by Gasteiger charge is -2.16. The minimum absolute atomic E-state index is 0.163. The van der Waals surface area contributed by atoms with Gasteiger partial charge in [-0.3, -0.25) is 4.79 Å². The van der Waals surface area contributed by atoms with E-state index in [1.807, 2.05) is 0 Å². The molecule has 1 unspecified atom stereocenters. The van der Waals surface area contributed by atoms with Gasteiger partial charge >= 0.3 is 5.97 Å². The minimum Gasteiger partial charge on any atom is -0.494 e. The number of carbonyl (C=O) groups excluding carboxylic acids is 1. The predicted octanol–water partition coefficient (Wildman–Crippen LogP) is 2.05. The molecule has 1 aromatic carbocycles. The van der Waals surface area contributed by atoms with Crippen molar-refractivity contribution in [2.24, 2.45) is 0 Å². The number of halogens is 1. The summed E-state index contributed by atoms with van der Waals surface area (Å²) in [5.41, 5.74) is 0.684. The number of hydrogen-bond acceptors (Lipinski definition) is 4. The van der Waals surface area contributed by atoms with Crippen LogP contribution >= 0.6 is 0 Å². The van der Waals surface area contributed by atoms with Gasteiger partial charge in [-0.2, -0.15) is 0 Å². The van der Waals surface area contributed by atoms with E-state index < -0.39 is 5.82 Å². The smallest absolute Gasteiger partial charge is 0.307 e. The van der Waals surface area contributed by atoms with Gasteiger partial charge in [-0.1, -0.05) is 6.07 Å². The van der Waals surface area contributed by atoms with Crippen molar-refractivity contribution in [3.8, 4) is 5.75 Å². The molecular weight excluding hydrogens is 237 g/mol. The number of ether oxygens (including phenoxy) is 2. The maximum atomic E-state index is 13.6. The first-order chi connectivity index (χ1) is 8.62. The van der Waals surface area contributed by atoms with Crippen molar-refractivity contribution < 1.29 is 18.7 Å². The second-order valence-corrected chi connectivity index (χ2v) is 3.74. The van der Waals surface area contributed by atoms with Gasteiger partial charge in [-0.25, -0.2) is 4.39 Å². The molecule has 0 spiro atoms. The topological polar surface area (TPSA) is 47.6 Å². The van der Waals surface area contributed by atoms with Gasteiger partial charge in [-0.15, -0.1) is 0 Å². The van der Waals surface area contributed by atoms with E-state index in [-0.39, 0.29) is 24.2 Å². The molecule has 1 N–H and O–H groups in total. The molecule has 0 amide bonds. The van der Waals surface area contributed by atoms with E-state index in [0.29, 0.717) is 12.2 Å². The molecule has 4 nitrogen and oxygen atoms in total. The highest BCUT2D eigenvalue weighted by atomic mass is 19.1. The number of carbonyl (C=O) groups is 1. The van der Waals surface area contributed by atoms with Gasteiger partial charge in [0, 0.05) is 6.04 Å².